The van der Waals surface area contributed by atoms with Gasteiger partial charge in [0.25, 0.3) is 0 Å². The Balaban J connectivity index is 2.06. The minimum Gasteiger partial charge on any atom is -0.481 e. The summed E-state index contributed by atoms with van der Waals surface area (Å²) in [5.41, 5.74) is 2.68. The van der Waals surface area contributed by atoms with Crippen molar-refractivity contribution in [2.45, 2.75) is 6.42 Å². The van der Waals surface area contributed by atoms with E-state index in [0.29, 0.717) is 0 Å². The van der Waals surface area contributed by atoms with E-state index in [9.17, 15) is 4.79 Å². The molecule has 100 valence electrons. The fourth-order valence-electron chi connectivity index (χ4n) is 1.92. The Hall–Kier alpha value is -1.98. The number of hydrogen-bond donors (Lipinski definition) is 1. The number of thiazole rings is 1. The third-order valence-corrected chi connectivity index (χ3v) is 4.61. The summed E-state index contributed by atoms with van der Waals surface area (Å²) in [4.78, 5) is 15.6. The van der Waals surface area contributed by atoms with Crippen molar-refractivity contribution < 1.29 is 9.90 Å². The predicted molar refractivity (Wildman–Crippen MR) is 84.1 cm³/mol. The zero-order valence-electron chi connectivity index (χ0n) is 10.4. The van der Waals surface area contributed by atoms with Gasteiger partial charge in [-0.1, -0.05) is 12.1 Å². The summed E-state index contributed by atoms with van der Waals surface area (Å²) in [6.45, 7) is 0. The Morgan fingerprint density at radius 3 is 2.85 bits per heavy atom. The van der Waals surface area contributed by atoms with Crippen LogP contribution in [0.5, 0.6) is 0 Å². The predicted octanol–water partition coefficient (Wildman–Crippen LogP) is 4.37. The number of rotatable bonds is 4. The molecular weight excluding hydrogens is 290 g/mol. The van der Waals surface area contributed by atoms with E-state index < -0.39 is 5.97 Å². The Bertz CT molecular complexity index is 739. The van der Waals surface area contributed by atoms with Crippen molar-refractivity contribution in [3.05, 3.63) is 51.7 Å². The van der Waals surface area contributed by atoms with Gasteiger partial charge >= 0.3 is 5.97 Å². The molecule has 0 spiro atoms. The van der Waals surface area contributed by atoms with Crippen molar-refractivity contribution in [3.8, 4) is 0 Å². The number of carboxylic acid groups (broad SMARTS) is 1. The van der Waals surface area contributed by atoms with Crippen LogP contribution in [0.1, 0.15) is 17.0 Å². The summed E-state index contributed by atoms with van der Waals surface area (Å²) < 4.78 is 1.07. The summed E-state index contributed by atoms with van der Waals surface area (Å²) in [5.74, 6) is -0.842. The van der Waals surface area contributed by atoms with Gasteiger partial charge in [-0.2, -0.15) is 11.3 Å². The molecular formula is C15H11NO2S2. The molecule has 5 heteroatoms. The highest BCUT2D eigenvalue weighted by Crippen LogP contribution is 2.30. The standard InChI is InChI=1S/C15H11NO2S2/c17-14(18)8-11(7-10-5-6-19-9-10)15-16-12-3-1-2-4-13(12)20-15/h1-7,9H,8H2,(H,17,18)/b11-7-. The minimum absolute atomic E-state index is 0.0182. The lowest BCUT2D eigenvalue weighted by molar-refractivity contribution is -0.135. The lowest BCUT2D eigenvalue weighted by Crippen LogP contribution is -1.96. The van der Waals surface area contributed by atoms with Crippen LogP contribution in [0.3, 0.4) is 0 Å². The smallest absolute Gasteiger partial charge is 0.307 e. The van der Waals surface area contributed by atoms with Crippen molar-refractivity contribution in [2.24, 2.45) is 0 Å². The van der Waals surface area contributed by atoms with Crippen LogP contribution in [-0.4, -0.2) is 16.1 Å². The average Bonchev–Trinajstić information content (AvgIpc) is 3.05. The first kappa shape index (κ1) is 13.0. The van der Waals surface area contributed by atoms with E-state index in [1.165, 1.54) is 11.3 Å². The summed E-state index contributed by atoms with van der Waals surface area (Å²) >= 11 is 3.12. The van der Waals surface area contributed by atoms with Gasteiger partial charge in [0.15, 0.2) is 0 Å². The van der Waals surface area contributed by atoms with Crippen molar-refractivity contribution in [3.63, 3.8) is 0 Å². The number of benzene rings is 1. The third kappa shape index (κ3) is 2.79. The largest absolute Gasteiger partial charge is 0.481 e. The van der Waals surface area contributed by atoms with Gasteiger partial charge in [-0.15, -0.1) is 11.3 Å². The Kier molecular flexibility index (Phi) is 3.62. The molecule has 1 aromatic carbocycles. The van der Waals surface area contributed by atoms with E-state index in [2.05, 4.69) is 4.98 Å². The summed E-state index contributed by atoms with van der Waals surface area (Å²) in [6.07, 6.45) is 1.89. The van der Waals surface area contributed by atoms with Crippen LogP contribution in [-0.2, 0) is 4.79 Å². The molecule has 0 bridgehead atoms. The van der Waals surface area contributed by atoms with E-state index in [4.69, 9.17) is 5.11 Å². The topological polar surface area (TPSA) is 50.2 Å². The molecule has 0 aliphatic heterocycles. The van der Waals surface area contributed by atoms with E-state index in [1.54, 1.807) is 11.3 Å². The number of thiophene rings is 1. The van der Waals surface area contributed by atoms with Gasteiger partial charge in [0.2, 0.25) is 0 Å². The second-order valence-corrected chi connectivity index (χ2v) is 6.09. The van der Waals surface area contributed by atoms with Gasteiger partial charge in [-0.3, -0.25) is 4.79 Å². The average molecular weight is 301 g/mol. The van der Waals surface area contributed by atoms with Crippen LogP contribution >= 0.6 is 22.7 Å². The number of carboxylic acids is 1. The molecule has 2 heterocycles. The lowest BCUT2D eigenvalue weighted by Gasteiger charge is -1.99. The highest BCUT2D eigenvalue weighted by atomic mass is 32.1. The Morgan fingerprint density at radius 2 is 2.15 bits per heavy atom. The first-order valence-electron chi connectivity index (χ1n) is 6.03. The number of nitrogens with zero attached hydrogens (tertiary/aromatic N) is 1. The maximum Gasteiger partial charge on any atom is 0.307 e. The SMILES string of the molecule is O=C(O)C/C(=C/c1ccsc1)c1nc2ccccc2s1. The summed E-state index contributed by atoms with van der Waals surface area (Å²) in [7, 11) is 0. The van der Waals surface area contributed by atoms with E-state index in [1.807, 2.05) is 47.2 Å². The van der Waals surface area contributed by atoms with Crippen molar-refractivity contribution in [1.29, 1.82) is 0 Å². The maximum atomic E-state index is 11.1. The highest BCUT2D eigenvalue weighted by molar-refractivity contribution is 7.19. The van der Waals surface area contributed by atoms with Crippen LogP contribution in [0.4, 0.5) is 0 Å². The van der Waals surface area contributed by atoms with Gasteiger partial charge in [-0.25, -0.2) is 4.98 Å². The Morgan fingerprint density at radius 1 is 1.30 bits per heavy atom. The molecule has 0 atom stereocenters. The van der Waals surface area contributed by atoms with Gasteiger partial charge < -0.3 is 5.11 Å². The molecule has 0 aliphatic carbocycles. The number of hydrogen-bond acceptors (Lipinski definition) is 4. The Labute approximate surface area is 123 Å². The van der Waals surface area contributed by atoms with Crippen LogP contribution < -0.4 is 0 Å². The van der Waals surface area contributed by atoms with E-state index >= 15 is 0 Å². The molecule has 0 saturated carbocycles. The van der Waals surface area contributed by atoms with E-state index in [-0.39, 0.29) is 6.42 Å². The molecule has 1 N–H and O–H groups in total. The number of aromatic nitrogens is 1. The van der Waals surface area contributed by atoms with Gasteiger partial charge in [0.05, 0.1) is 16.6 Å². The molecule has 0 radical (unpaired) electrons. The minimum atomic E-state index is -0.842. The first-order chi connectivity index (χ1) is 9.72. The van der Waals surface area contributed by atoms with Gasteiger partial charge in [-0.05, 0) is 46.2 Å². The normalized spacial score (nSPS) is 11.9. The van der Waals surface area contributed by atoms with Crippen LogP contribution in [0.15, 0.2) is 41.1 Å². The summed E-state index contributed by atoms with van der Waals surface area (Å²) in [5, 5.41) is 13.8. The molecule has 0 amide bonds. The van der Waals surface area contributed by atoms with Crippen molar-refractivity contribution >= 4 is 50.5 Å². The number of carbonyl (C=O) groups is 1. The molecule has 0 saturated heterocycles. The van der Waals surface area contributed by atoms with Gasteiger partial charge in [0.1, 0.15) is 5.01 Å². The molecule has 20 heavy (non-hydrogen) atoms. The van der Waals surface area contributed by atoms with E-state index in [0.717, 1.165) is 26.4 Å². The van der Waals surface area contributed by atoms with Crippen LogP contribution in [0.2, 0.25) is 0 Å². The number of aliphatic carboxylic acids is 1. The zero-order valence-corrected chi connectivity index (χ0v) is 12.1. The monoisotopic (exact) mass is 301 g/mol. The fourth-order valence-corrected chi connectivity index (χ4v) is 3.52. The number of para-hydroxylation sites is 1. The molecule has 3 rings (SSSR count). The molecule has 3 aromatic rings. The second-order valence-electron chi connectivity index (χ2n) is 4.28. The lowest BCUT2D eigenvalue weighted by atomic mass is 10.1. The van der Waals surface area contributed by atoms with Crippen molar-refractivity contribution in [2.75, 3.05) is 0 Å². The fraction of sp³-hybridized carbons (Fsp3) is 0.0667. The molecule has 3 nitrogen and oxygen atoms in total. The molecule has 0 fully saturated rings. The van der Waals surface area contributed by atoms with Gasteiger partial charge in [0, 0.05) is 0 Å². The number of fused-ring (bicyclic) bond motifs is 1. The van der Waals surface area contributed by atoms with Crippen LogP contribution in [0.25, 0.3) is 21.9 Å². The molecule has 0 unspecified atom stereocenters. The maximum absolute atomic E-state index is 11.1. The quantitative estimate of drug-likeness (QED) is 0.778. The van der Waals surface area contributed by atoms with Crippen molar-refractivity contribution in [1.82, 2.24) is 4.98 Å². The zero-order chi connectivity index (χ0) is 13.9. The van der Waals surface area contributed by atoms with Crippen LogP contribution in [0, 0.1) is 0 Å². The summed E-state index contributed by atoms with van der Waals surface area (Å²) in [6, 6.07) is 9.81. The second kappa shape index (κ2) is 5.56. The first-order valence-corrected chi connectivity index (χ1v) is 7.79. The molecule has 2 aromatic heterocycles. The third-order valence-electron chi connectivity index (χ3n) is 2.79. The molecule has 0 aliphatic rings. The highest BCUT2D eigenvalue weighted by Gasteiger charge is 2.12.